The first-order valence-electron chi connectivity index (χ1n) is 5.30. The maximum absolute atomic E-state index is 11.5. The number of carbonyl (C=O) groups is 1. The summed E-state index contributed by atoms with van der Waals surface area (Å²) < 4.78 is 16.2. The van der Waals surface area contributed by atoms with Crippen LogP contribution in [-0.2, 0) is 9.47 Å². The number of rotatable bonds is 3. The molecule has 1 aromatic rings. The van der Waals surface area contributed by atoms with Crippen LogP contribution >= 0.6 is 15.9 Å². The standard InChI is InChI=1S/C11H13BrO4/c12-10-5-4-9(16-10)11(13)15-7-8-3-1-2-6-14-8/h4-5,8H,1-3,6-7H2. The van der Waals surface area contributed by atoms with Gasteiger partial charge >= 0.3 is 5.97 Å². The van der Waals surface area contributed by atoms with Gasteiger partial charge in [0.2, 0.25) is 5.76 Å². The van der Waals surface area contributed by atoms with E-state index in [9.17, 15) is 4.79 Å². The molecule has 88 valence electrons. The predicted octanol–water partition coefficient (Wildman–Crippen LogP) is 2.77. The molecule has 16 heavy (non-hydrogen) atoms. The van der Waals surface area contributed by atoms with Crippen LogP contribution in [0.15, 0.2) is 21.2 Å². The van der Waals surface area contributed by atoms with Crippen molar-refractivity contribution in [2.24, 2.45) is 0 Å². The van der Waals surface area contributed by atoms with Gasteiger partial charge in [0.1, 0.15) is 6.61 Å². The fourth-order valence-electron chi connectivity index (χ4n) is 1.60. The molecule has 2 rings (SSSR count). The van der Waals surface area contributed by atoms with Crippen molar-refractivity contribution in [2.45, 2.75) is 25.4 Å². The van der Waals surface area contributed by atoms with E-state index in [-0.39, 0.29) is 11.9 Å². The van der Waals surface area contributed by atoms with Crippen molar-refractivity contribution in [3.8, 4) is 0 Å². The van der Waals surface area contributed by atoms with Gasteiger partial charge in [0.05, 0.1) is 6.10 Å². The summed E-state index contributed by atoms with van der Waals surface area (Å²) in [6, 6.07) is 3.24. The van der Waals surface area contributed by atoms with Crippen LogP contribution in [0.5, 0.6) is 0 Å². The van der Waals surface area contributed by atoms with Crippen LogP contribution in [0, 0.1) is 0 Å². The molecule has 1 aromatic heterocycles. The van der Waals surface area contributed by atoms with Crippen molar-refractivity contribution in [1.29, 1.82) is 0 Å². The summed E-state index contributed by atoms with van der Waals surface area (Å²) in [6.45, 7) is 1.06. The summed E-state index contributed by atoms with van der Waals surface area (Å²) in [5.41, 5.74) is 0. The highest BCUT2D eigenvalue weighted by molar-refractivity contribution is 9.10. The lowest BCUT2D eigenvalue weighted by atomic mass is 10.1. The van der Waals surface area contributed by atoms with E-state index in [1.165, 1.54) is 0 Å². The second-order valence-corrected chi connectivity index (χ2v) is 4.47. The third-order valence-electron chi connectivity index (χ3n) is 2.45. The fourth-order valence-corrected chi connectivity index (χ4v) is 1.91. The van der Waals surface area contributed by atoms with Crippen molar-refractivity contribution in [1.82, 2.24) is 0 Å². The monoisotopic (exact) mass is 288 g/mol. The lowest BCUT2D eigenvalue weighted by Gasteiger charge is -2.21. The Kier molecular flexibility index (Phi) is 4.01. The molecule has 0 amide bonds. The Morgan fingerprint density at radius 1 is 1.50 bits per heavy atom. The van der Waals surface area contributed by atoms with E-state index >= 15 is 0 Å². The van der Waals surface area contributed by atoms with Gasteiger partial charge in [0, 0.05) is 6.61 Å². The average molecular weight is 289 g/mol. The van der Waals surface area contributed by atoms with Crippen LogP contribution < -0.4 is 0 Å². The predicted molar refractivity (Wildman–Crippen MR) is 60.3 cm³/mol. The smallest absolute Gasteiger partial charge is 0.374 e. The van der Waals surface area contributed by atoms with Crippen molar-refractivity contribution in [3.05, 3.63) is 22.6 Å². The Morgan fingerprint density at radius 2 is 2.38 bits per heavy atom. The minimum Gasteiger partial charge on any atom is -0.457 e. The largest absolute Gasteiger partial charge is 0.457 e. The topological polar surface area (TPSA) is 48.7 Å². The molecule has 1 aliphatic heterocycles. The van der Waals surface area contributed by atoms with Crippen molar-refractivity contribution >= 4 is 21.9 Å². The van der Waals surface area contributed by atoms with Crippen LogP contribution in [0.2, 0.25) is 0 Å². The highest BCUT2D eigenvalue weighted by atomic mass is 79.9. The van der Waals surface area contributed by atoms with Crippen LogP contribution in [0.25, 0.3) is 0 Å². The molecule has 5 heteroatoms. The molecule has 0 N–H and O–H groups in total. The number of hydrogen-bond acceptors (Lipinski definition) is 4. The van der Waals surface area contributed by atoms with Gasteiger partial charge in [-0.05, 0) is 47.3 Å². The first kappa shape index (κ1) is 11.7. The van der Waals surface area contributed by atoms with Crippen molar-refractivity contribution in [2.75, 3.05) is 13.2 Å². The molecule has 0 aromatic carbocycles. The van der Waals surface area contributed by atoms with Gasteiger partial charge < -0.3 is 13.9 Å². The maximum Gasteiger partial charge on any atom is 0.374 e. The number of furan rings is 1. The molecule has 1 saturated heterocycles. The molecule has 0 bridgehead atoms. The molecule has 0 spiro atoms. The number of esters is 1. The molecule has 1 fully saturated rings. The number of carbonyl (C=O) groups excluding carboxylic acids is 1. The van der Waals surface area contributed by atoms with Gasteiger partial charge in [-0.15, -0.1) is 0 Å². The third kappa shape index (κ3) is 3.09. The molecule has 1 aliphatic rings. The van der Waals surface area contributed by atoms with Crippen LogP contribution in [0.3, 0.4) is 0 Å². The van der Waals surface area contributed by atoms with E-state index in [0.717, 1.165) is 25.9 Å². The molecule has 4 nitrogen and oxygen atoms in total. The first-order chi connectivity index (χ1) is 7.75. The van der Waals surface area contributed by atoms with Gasteiger partial charge in [-0.1, -0.05) is 0 Å². The van der Waals surface area contributed by atoms with Gasteiger partial charge in [-0.25, -0.2) is 4.79 Å². The summed E-state index contributed by atoms with van der Waals surface area (Å²) in [4.78, 5) is 11.5. The number of halogens is 1. The van der Waals surface area contributed by atoms with Gasteiger partial charge in [-0.3, -0.25) is 0 Å². The third-order valence-corrected chi connectivity index (χ3v) is 2.87. The van der Waals surface area contributed by atoms with E-state index in [0.29, 0.717) is 11.3 Å². The summed E-state index contributed by atoms with van der Waals surface area (Å²) in [6.07, 6.45) is 3.22. The zero-order valence-corrected chi connectivity index (χ0v) is 10.4. The van der Waals surface area contributed by atoms with Crippen molar-refractivity contribution in [3.63, 3.8) is 0 Å². The summed E-state index contributed by atoms with van der Waals surface area (Å²) in [5.74, 6) is -0.234. The SMILES string of the molecule is O=C(OCC1CCCCO1)c1ccc(Br)o1. The lowest BCUT2D eigenvalue weighted by molar-refractivity contribution is -0.0311. The number of hydrogen-bond donors (Lipinski definition) is 0. The second kappa shape index (κ2) is 5.50. The van der Waals surface area contributed by atoms with Gasteiger partial charge in [0.25, 0.3) is 0 Å². The molecular formula is C11H13BrO4. The Bertz CT molecular complexity index is 355. The highest BCUT2D eigenvalue weighted by Crippen LogP contribution is 2.16. The van der Waals surface area contributed by atoms with E-state index in [1.54, 1.807) is 12.1 Å². The second-order valence-electron chi connectivity index (χ2n) is 3.69. The molecule has 0 radical (unpaired) electrons. The van der Waals surface area contributed by atoms with Crippen LogP contribution in [0.4, 0.5) is 0 Å². The van der Waals surface area contributed by atoms with Crippen molar-refractivity contribution < 1.29 is 18.7 Å². The van der Waals surface area contributed by atoms with E-state index < -0.39 is 5.97 Å². The zero-order chi connectivity index (χ0) is 11.4. The molecule has 0 saturated carbocycles. The minimum atomic E-state index is -0.445. The summed E-state index contributed by atoms with van der Waals surface area (Å²) in [7, 11) is 0. The molecule has 1 atom stereocenters. The van der Waals surface area contributed by atoms with Gasteiger partial charge in [-0.2, -0.15) is 0 Å². The molecule has 2 heterocycles. The van der Waals surface area contributed by atoms with Gasteiger partial charge in [0.15, 0.2) is 4.67 Å². The fraction of sp³-hybridized carbons (Fsp3) is 0.545. The van der Waals surface area contributed by atoms with Crippen LogP contribution in [0.1, 0.15) is 29.8 Å². The Labute approximate surface area is 102 Å². The number of ether oxygens (including phenoxy) is 2. The summed E-state index contributed by atoms with van der Waals surface area (Å²) >= 11 is 3.13. The summed E-state index contributed by atoms with van der Waals surface area (Å²) in [5, 5.41) is 0. The quantitative estimate of drug-likeness (QED) is 0.803. The van der Waals surface area contributed by atoms with E-state index in [2.05, 4.69) is 15.9 Å². The average Bonchev–Trinajstić information content (AvgIpc) is 2.74. The zero-order valence-electron chi connectivity index (χ0n) is 8.78. The van der Waals surface area contributed by atoms with E-state index in [1.807, 2.05) is 0 Å². The Morgan fingerprint density at radius 3 is 3.00 bits per heavy atom. The molecule has 0 aliphatic carbocycles. The van der Waals surface area contributed by atoms with Crippen LogP contribution in [-0.4, -0.2) is 25.3 Å². The highest BCUT2D eigenvalue weighted by Gasteiger charge is 2.18. The Balaban J connectivity index is 1.79. The minimum absolute atomic E-state index is 0.0381. The van der Waals surface area contributed by atoms with E-state index in [4.69, 9.17) is 13.9 Å². The Hall–Kier alpha value is -0.810. The maximum atomic E-state index is 11.5. The first-order valence-corrected chi connectivity index (χ1v) is 6.09. The normalized spacial score (nSPS) is 20.7. The molecular weight excluding hydrogens is 276 g/mol. The lowest BCUT2D eigenvalue weighted by Crippen LogP contribution is -2.25. The molecule has 1 unspecified atom stereocenters.